The molecule has 1 aliphatic carbocycles. The summed E-state index contributed by atoms with van der Waals surface area (Å²) in [7, 11) is 1.90. The molecule has 0 radical (unpaired) electrons. The van der Waals surface area contributed by atoms with Gasteiger partial charge in [-0.25, -0.2) is 8.78 Å². The highest BCUT2D eigenvalue weighted by Gasteiger charge is 2.29. The predicted octanol–water partition coefficient (Wildman–Crippen LogP) is 2.37. The summed E-state index contributed by atoms with van der Waals surface area (Å²) in [5.74, 6) is 0.358. The zero-order valence-corrected chi connectivity index (χ0v) is 11.1. The Morgan fingerprint density at radius 2 is 2.37 bits per heavy atom. The van der Waals surface area contributed by atoms with E-state index >= 15 is 0 Å². The number of likely N-dealkylation sites (N-methyl/N-ethyl adjacent to an activating group) is 1. The molecular formula is C14H20F2N2O. The molecule has 1 N–H and O–H groups in total. The highest BCUT2D eigenvalue weighted by Crippen LogP contribution is 2.34. The maximum Gasteiger partial charge on any atom is 0.261 e. The Morgan fingerprint density at radius 1 is 1.53 bits per heavy atom. The largest absolute Gasteiger partial charge is 0.375 e. The Bertz CT molecular complexity index is 401. The van der Waals surface area contributed by atoms with Crippen molar-refractivity contribution in [2.75, 3.05) is 20.3 Å². The first-order chi connectivity index (χ1) is 9.22. The number of fused-ring (bicyclic) bond motifs is 1. The SMILES string of the molecule is CNC(CCOCC(F)F)C1CCc2cccnc21. The van der Waals surface area contributed by atoms with Crippen LogP contribution in [0.3, 0.4) is 0 Å². The van der Waals surface area contributed by atoms with Gasteiger partial charge in [-0.1, -0.05) is 6.07 Å². The summed E-state index contributed by atoms with van der Waals surface area (Å²) < 4.78 is 28.9. The molecule has 1 aromatic heterocycles. The van der Waals surface area contributed by atoms with Gasteiger partial charge < -0.3 is 10.1 Å². The summed E-state index contributed by atoms with van der Waals surface area (Å²) in [6.07, 6.45) is 2.26. The number of hydrogen-bond donors (Lipinski definition) is 1. The standard InChI is InChI=1S/C14H20F2N2O/c1-17-12(6-8-19-9-13(15)16)11-5-4-10-3-2-7-18-14(10)11/h2-3,7,11-13,17H,4-6,8-9H2,1H3. The minimum Gasteiger partial charge on any atom is -0.375 e. The van der Waals surface area contributed by atoms with Gasteiger partial charge >= 0.3 is 0 Å². The third-order valence-electron chi connectivity index (χ3n) is 3.68. The second-order valence-electron chi connectivity index (χ2n) is 4.84. The molecule has 0 amide bonds. The van der Waals surface area contributed by atoms with Gasteiger partial charge in [0.05, 0.1) is 0 Å². The van der Waals surface area contributed by atoms with E-state index in [-0.39, 0.29) is 6.04 Å². The zero-order chi connectivity index (χ0) is 13.7. The highest BCUT2D eigenvalue weighted by molar-refractivity contribution is 5.29. The van der Waals surface area contributed by atoms with Crippen LogP contribution in [0.5, 0.6) is 0 Å². The van der Waals surface area contributed by atoms with Crippen molar-refractivity contribution in [3.05, 3.63) is 29.6 Å². The Kier molecular flexibility index (Phi) is 5.22. The molecular weight excluding hydrogens is 250 g/mol. The minimum atomic E-state index is -2.39. The molecule has 5 heteroatoms. The number of aromatic nitrogens is 1. The third kappa shape index (κ3) is 3.70. The van der Waals surface area contributed by atoms with Crippen LogP contribution in [0.15, 0.2) is 18.3 Å². The molecule has 1 aliphatic rings. The van der Waals surface area contributed by atoms with E-state index in [4.69, 9.17) is 4.74 Å². The summed E-state index contributed by atoms with van der Waals surface area (Å²) in [6.45, 7) is -0.121. The minimum absolute atomic E-state index is 0.230. The zero-order valence-electron chi connectivity index (χ0n) is 11.1. The number of halogens is 2. The maximum absolute atomic E-state index is 12.0. The fourth-order valence-electron chi connectivity index (χ4n) is 2.76. The molecule has 0 spiro atoms. The van der Waals surface area contributed by atoms with E-state index < -0.39 is 13.0 Å². The predicted molar refractivity (Wildman–Crippen MR) is 69.6 cm³/mol. The molecule has 0 saturated heterocycles. The Hall–Kier alpha value is -1.07. The first kappa shape index (κ1) is 14.3. The summed E-state index contributed by atoms with van der Waals surface area (Å²) in [5, 5.41) is 3.27. The molecule has 0 aromatic carbocycles. The van der Waals surface area contributed by atoms with E-state index in [1.165, 1.54) is 5.56 Å². The van der Waals surface area contributed by atoms with E-state index in [0.29, 0.717) is 12.5 Å². The van der Waals surface area contributed by atoms with Crippen LogP contribution in [0.1, 0.15) is 30.0 Å². The number of nitrogens with zero attached hydrogens (tertiary/aromatic N) is 1. The molecule has 2 rings (SSSR count). The van der Waals surface area contributed by atoms with Crippen LogP contribution < -0.4 is 5.32 Å². The van der Waals surface area contributed by atoms with Crippen molar-refractivity contribution in [1.82, 2.24) is 10.3 Å². The summed E-state index contributed by atoms with van der Waals surface area (Å²) in [5.41, 5.74) is 2.46. The molecule has 3 nitrogen and oxygen atoms in total. The average Bonchev–Trinajstić information content (AvgIpc) is 2.83. The van der Waals surface area contributed by atoms with Gasteiger partial charge in [-0.3, -0.25) is 4.98 Å². The molecule has 2 atom stereocenters. The highest BCUT2D eigenvalue weighted by atomic mass is 19.3. The van der Waals surface area contributed by atoms with Crippen molar-refractivity contribution < 1.29 is 13.5 Å². The Morgan fingerprint density at radius 3 is 3.11 bits per heavy atom. The number of rotatable bonds is 7. The fraction of sp³-hybridized carbons (Fsp3) is 0.643. The van der Waals surface area contributed by atoms with Crippen molar-refractivity contribution in [2.45, 2.75) is 37.6 Å². The van der Waals surface area contributed by atoms with Crippen LogP contribution in [0, 0.1) is 0 Å². The van der Waals surface area contributed by atoms with Crippen LogP contribution in [0.2, 0.25) is 0 Å². The average molecular weight is 270 g/mol. The number of pyridine rings is 1. The molecule has 0 fully saturated rings. The summed E-state index contributed by atoms with van der Waals surface area (Å²) in [4.78, 5) is 4.47. The lowest BCUT2D eigenvalue weighted by molar-refractivity contribution is 0.0139. The number of ether oxygens (including phenoxy) is 1. The fourth-order valence-corrected chi connectivity index (χ4v) is 2.76. The molecule has 106 valence electrons. The number of alkyl halides is 2. The molecule has 19 heavy (non-hydrogen) atoms. The van der Waals surface area contributed by atoms with Crippen molar-refractivity contribution in [3.8, 4) is 0 Å². The van der Waals surface area contributed by atoms with Crippen molar-refractivity contribution >= 4 is 0 Å². The van der Waals surface area contributed by atoms with Crippen molar-refractivity contribution in [3.63, 3.8) is 0 Å². The molecule has 2 unspecified atom stereocenters. The van der Waals surface area contributed by atoms with Crippen LogP contribution in [-0.2, 0) is 11.2 Å². The van der Waals surface area contributed by atoms with Gasteiger partial charge in [0.25, 0.3) is 6.43 Å². The summed E-state index contributed by atoms with van der Waals surface area (Å²) >= 11 is 0. The van der Waals surface area contributed by atoms with Gasteiger partial charge in [0, 0.05) is 30.5 Å². The third-order valence-corrected chi connectivity index (χ3v) is 3.68. The van der Waals surface area contributed by atoms with Gasteiger partial charge in [0.1, 0.15) is 6.61 Å². The molecule has 1 aromatic rings. The van der Waals surface area contributed by atoms with Crippen molar-refractivity contribution in [2.24, 2.45) is 0 Å². The summed E-state index contributed by atoms with van der Waals surface area (Å²) in [6, 6.07) is 4.30. The Balaban J connectivity index is 1.89. The van der Waals surface area contributed by atoms with Crippen LogP contribution in [0.4, 0.5) is 8.78 Å². The van der Waals surface area contributed by atoms with Gasteiger partial charge in [-0.2, -0.15) is 0 Å². The van der Waals surface area contributed by atoms with E-state index in [1.54, 1.807) is 0 Å². The van der Waals surface area contributed by atoms with Gasteiger partial charge in [0.2, 0.25) is 0 Å². The lowest BCUT2D eigenvalue weighted by Gasteiger charge is -2.23. The number of nitrogens with one attached hydrogen (secondary N) is 1. The van der Waals surface area contributed by atoms with E-state index in [2.05, 4.69) is 16.4 Å². The smallest absolute Gasteiger partial charge is 0.261 e. The topological polar surface area (TPSA) is 34.1 Å². The van der Waals surface area contributed by atoms with Crippen LogP contribution in [0.25, 0.3) is 0 Å². The van der Waals surface area contributed by atoms with Crippen molar-refractivity contribution in [1.29, 1.82) is 0 Å². The first-order valence-corrected chi connectivity index (χ1v) is 6.69. The number of hydrogen-bond acceptors (Lipinski definition) is 3. The lowest BCUT2D eigenvalue weighted by Crippen LogP contribution is -2.33. The van der Waals surface area contributed by atoms with Gasteiger partial charge in [-0.15, -0.1) is 0 Å². The second kappa shape index (κ2) is 6.91. The monoisotopic (exact) mass is 270 g/mol. The first-order valence-electron chi connectivity index (χ1n) is 6.69. The maximum atomic E-state index is 12.0. The van der Waals surface area contributed by atoms with Gasteiger partial charge in [-0.05, 0) is 37.9 Å². The van der Waals surface area contributed by atoms with Crippen LogP contribution >= 0.6 is 0 Å². The normalized spacial score (nSPS) is 19.7. The quantitative estimate of drug-likeness (QED) is 0.772. The Labute approximate surface area is 112 Å². The van der Waals surface area contributed by atoms with E-state index in [1.807, 2.05) is 19.3 Å². The number of aryl methyl sites for hydroxylation is 1. The van der Waals surface area contributed by atoms with E-state index in [9.17, 15) is 8.78 Å². The molecule has 0 saturated carbocycles. The molecule has 0 aliphatic heterocycles. The van der Waals surface area contributed by atoms with E-state index in [0.717, 1.165) is 25.0 Å². The molecule has 0 bridgehead atoms. The second-order valence-corrected chi connectivity index (χ2v) is 4.84. The molecule has 1 heterocycles. The van der Waals surface area contributed by atoms with Crippen LogP contribution in [-0.4, -0.2) is 37.7 Å². The lowest BCUT2D eigenvalue weighted by atomic mass is 9.94. The van der Waals surface area contributed by atoms with Gasteiger partial charge in [0.15, 0.2) is 0 Å².